The molecule has 0 spiro atoms. The number of hydrogen-bond donors (Lipinski definition) is 0. The summed E-state index contributed by atoms with van der Waals surface area (Å²) in [6, 6.07) is 13.2. The number of hydrogen-bond acceptors (Lipinski definition) is 4. The average Bonchev–Trinajstić information content (AvgIpc) is 2.56. The average molecular weight is 282 g/mol. The third kappa shape index (κ3) is 3.09. The van der Waals surface area contributed by atoms with Crippen molar-refractivity contribution in [3.63, 3.8) is 0 Å². The van der Waals surface area contributed by atoms with Crippen molar-refractivity contribution in [1.29, 1.82) is 0 Å². The molecule has 1 aromatic carbocycles. The molecule has 0 N–H and O–H groups in total. The third-order valence-corrected chi connectivity index (χ3v) is 3.62. The number of benzene rings is 1. The Balaban J connectivity index is 1.73. The summed E-state index contributed by atoms with van der Waals surface area (Å²) in [5.74, 6) is -0.0179. The van der Waals surface area contributed by atoms with Crippen LogP contribution in [-0.4, -0.2) is 47.0 Å². The van der Waals surface area contributed by atoms with E-state index in [0.29, 0.717) is 31.7 Å². The Kier molecular flexibility index (Phi) is 3.94. The quantitative estimate of drug-likeness (QED) is 0.845. The zero-order valence-electron chi connectivity index (χ0n) is 11.6. The van der Waals surface area contributed by atoms with Gasteiger partial charge in [-0.25, -0.2) is 0 Å². The van der Waals surface area contributed by atoms with Crippen LogP contribution in [0.15, 0.2) is 48.7 Å². The van der Waals surface area contributed by atoms with E-state index in [1.807, 2.05) is 42.5 Å². The Morgan fingerprint density at radius 2 is 1.71 bits per heavy atom. The van der Waals surface area contributed by atoms with Gasteiger partial charge in [0.1, 0.15) is 0 Å². The first-order chi connectivity index (χ1) is 10.2. The van der Waals surface area contributed by atoms with Crippen molar-refractivity contribution in [2.45, 2.75) is 0 Å². The molecule has 1 aliphatic heterocycles. The van der Waals surface area contributed by atoms with E-state index in [4.69, 9.17) is 0 Å². The third-order valence-electron chi connectivity index (χ3n) is 3.62. The molecule has 3 rings (SSSR count). The number of nitrogens with zero attached hydrogens (tertiary/aromatic N) is 3. The maximum absolute atomic E-state index is 12.3. The van der Waals surface area contributed by atoms with Crippen LogP contribution < -0.4 is 0 Å². The molecule has 5 heteroatoms. The number of carbonyl (C=O) groups is 1. The highest BCUT2D eigenvalue weighted by atomic mass is 16.5. The molecule has 1 amide bonds. The van der Waals surface area contributed by atoms with E-state index in [9.17, 15) is 10.0 Å². The van der Waals surface area contributed by atoms with Gasteiger partial charge in [0, 0.05) is 43.5 Å². The maximum atomic E-state index is 12.3. The van der Waals surface area contributed by atoms with Gasteiger partial charge in [0.25, 0.3) is 5.91 Å². The second-order valence-corrected chi connectivity index (χ2v) is 5.01. The fourth-order valence-electron chi connectivity index (χ4n) is 2.39. The zero-order chi connectivity index (χ0) is 14.7. The molecule has 1 aromatic heterocycles. The van der Waals surface area contributed by atoms with Gasteiger partial charge in [-0.2, -0.15) is 0 Å². The van der Waals surface area contributed by atoms with Crippen molar-refractivity contribution >= 4 is 5.91 Å². The van der Waals surface area contributed by atoms with Crippen LogP contribution in [0.5, 0.6) is 0 Å². The Morgan fingerprint density at radius 1 is 1.00 bits per heavy atom. The molecule has 0 saturated carbocycles. The van der Waals surface area contributed by atoms with E-state index in [2.05, 4.69) is 4.98 Å². The van der Waals surface area contributed by atoms with Gasteiger partial charge in [-0.3, -0.25) is 9.78 Å². The Labute approximate surface area is 123 Å². The van der Waals surface area contributed by atoms with Gasteiger partial charge in [-0.15, -0.1) is 0 Å². The molecular weight excluding hydrogens is 266 g/mol. The van der Waals surface area contributed by atoms with E-state index < -0.39 is 0 Å². The molecule has 108 valence electrons. The lowest BCUT2D eigenvalue weighted by molar-refractivity contribution is 0.0680. The van der Waals surface area contributed by atoms with E-state index in [1.165, 1.54) is 0 Å². The molecule has 1 saturated heterocycles. The van der Waals surface area contributed by atoms with Crippen LogP contribution in [0.1, 0.15) is 10.4 Å². The van der Waals surface area contributed by atoms with Crippen molar-refractivity contribution in [3.05, 3.63) is 59.4 Å². The van der Waals surface area contributed by atoms with Gasteiger partial charge in [-0.05, 0) is 24.3 Å². The minimum atomic E-state index is -0.0179. The summed E-state index contributed by atoms with van der Waals surface area (Å²) in [6.07, 6.45) is 1.75. The van der Waals surface area contributed by atoms with Crippen LogP contribution in [-0.2, 0) is 0 Å². The van der Waals surface area contributed by atoms with E-state index in [0.717, 1.165) is 16.3 Å². The highest BCUT2D eigenvalue weighted by Gasteiger charge is 2.18. The van der Waals surface area contributed by atoms with Crippen molar-refractivity contribution in [3.8, 4) is 11.3 Å². The van der Waals surface area contributed by atoms with Crippen molar-refractivity contribution in [1.82, 2.24) is 14.9 Å². The summed E-state index contributed by atoms with van der Waals surface area (Å²) in [5, 5.41) is 12.1. The first-order valence-corrected chi connectivity index (χ1v) is 6.97. The summed E-state index contributed by atoms with van der Waals surface area (Å²) in [5.41, 5.74) is 2.52. The summed E-state index contributed by atoms with van der Waals surface area (Å²) in [7, 11) is 0. The number of rotatable bonds is 2. The minimum absolute atomic E-state index is 0.0179. The molecular formula is C16H16N3O2-. The number of carbonyl (C=O) groups excluding carboxylic acids is 1. The first kappa shape index (κ1) is 13.7. The molecule has 1 aliphatic rings. The van der Waals surface area contributed by atoms with Crippen molar-refractivity contribution < 1.29 is 4.79 Å². The molecule has 0 atom stereocenters. The fraction of sp³-hybridized carbons (Fsp3) is 0.250. The van der Waals surface area contributed by atoms with Crippen molar-refractivity contribution in [2.24, 2.45) is 0 Å². The summed E-state index contributed by atoms with van der Waals surface area (Å²) < 4.78 is 0. The van der Waals surface area contributed by atoms with Gasteiger partial charge in [-0.1, -0.05) is 18.2 Å². The lowest BCUT2D eigenvalue weighted by atomic mass is 10.1. The molecule has 0 unspecified atom stereocenters. The summed E-state index contributed by atoms with van der Waals surface area (Å²) in [6.45, 7) is 1.75. The lowest BCUT2D eigenvalue weighted by Crippen LogP contribution is -2.46. The molecule has 0 radical (unpaired) electrons. The Bertz CT molecular complexity index is 605. The van der Waals surface area contributed by atoms with Crippen LogP contribution >= 0.6 is 0 Å². The zero-order valence-corrected chi connectivity index (χ0v) is 11.6. The van der Waals surface area contributed by atoms with Crippen LogP contribution in [0, 0.1) is 5.21 Å². The molecule has 0 aliphatic carbocycles. The first-order valence-electron chi connectivity index (χ1n) is 6.97. The molecule has 21 heavy (non-hydrogen) atoms. The minimum Gasteiger partial charge on any atom is -0.785 e. The van der Waals surface area contributed by atoms with Crippen molar-refractivity contribution in [2.75, 3.05) is 26.2 Å². The van der Waals surface area contributed by atoms with Crippen LogP contribution in [0.2, 0.25) is 0 Å². The monoisotopic (exact) mass is 282 g/mol. The lowest BCUT2D eigenvalue weighted by Gasteiger charge is -2.38. The fourth-order valence-corrected chi connectivity index (χ4v) is 2.39. The van der Waals surface area contributed by atoms with Gasteiger partial charge >= 0.3 is 0 Å². The van der Waals surface area contributed by atoms with Gasteiger partial charge in [0.15, 0.2) is 0 Å². The van der Waals surface area contributed by atoms with Gasteiger partial charge < -0.3 is 15.2 Å². The highest BCUT2D eigenvalue weighted by molar-refractivity contribution is 5.94. The smallest absolute Gasteiger partial charge is 0.253 e. The van der Waals surface area contributed by atoms with Crippen LogP contribution in [0.25, 0.3) is 11.3 Å². The van der Waals surface area contributed by atoms with Crippen LogP contribution in [0.4, 0.5) is 0 Å². The predicted octanol–water partition coefficient (Wildman–Crippen LogP) is 2.00. The summed E-state index contributed by atoms with van der Waals surface area (Å²) >= 11 is 0. The Hall–Kier alpha value is -2.24. The Morgan fingerprint density at radius 3 is 2.33 bits per heavy atom. The number of pyridine rings is 1. The number of aromatic nitrogens is 1. The van der Waals surface area contributed by atoms with Crippen LogP contribution in [0.3, 0.4) is 0 Å². The SMILES string of the molecule is O=C(c1ccc(-c2ccccn2)cc1)N1CCN([O-])CC1. The molecule has 2 aromatic rings. The van der Waals surface area contributed by atoms with E-state index >= 15 is 0 Å². The molecule has 1 fully saturated rings. The van der Waals surface area contributed by atoms with E-state index in [-0.39, 0.29) is 5.91 Å². The second kappa shape index (κ2) is 6.03. The van der Waals surface area contributed by atoms with Gasteiger partial charge in [0.2, 0.25) is 0 Å². The number of hydroxylamine groups is 2. The highest BCUT2D eigenvalue weighted by Crippen LogP contribution is 2.18. The number of piperazine rings is 1. The maximum Gasteiger partial charge on any atom is 0.253 e. The predicted molar refractivity (Wildman–Crippen MR) is 80.5 cm³/mol. The normalized spacial score (nSPS) is 16.0. The standard InChI is InChI=1S/C16H16N3O2/c20-16(18-9-11-19(21)12-10-18)14-6-4-13(5-7-14)15-3-1-2-8-17-15/h1-8H,9-12H2/q-1. The second-order valence-electron chi connectivity index (χ2n) is 5.01. The topological polar surface area (TPSA) is 59.5 Å². The molecule has 0 bridgehead atoms. The molecule has 5 nitrogen and oxygen atoms in total. The largest absolute Gasteiger partial charge is 0.785 e. The molecule has 2 heterocycles. The number of amides is 1. The summed E-state index contributed by atoms with van der Waals surface area (Å²) in [4.78, 5) is 18.4. The van der Waals surface area contributed by atoms with Gasteiger partial charge in [0.05, 0.1) is 5.69 Å². The van der Waals surface area contributed by atoms with E-state index in [1.54, 1.807) is 11.1 Å².